The lowest BCUT2D eigenvalue weighted by atomic mass is 10.2. The minimum Gasteiger partial charge on any atom is -0.300 e. The summed E-state index contributed by atoms with van der Waals surface area (Å²) in [5.41, 5.74) is 2.16. The molecule has 1 saturated carbocycles. The van der Waals surface area contributed by atoms with Gasteiger partial charge in [-0.3, -0.25) is 4.84 Å². The lowest BCUT2D eigenvalue weighted by Crippen LogP contribution is -1.98. The van der Waals surface area contributed by atoms with Crippen LogP contribution in [0, 0.1) is 0 Å². The SMILES string of the molecule is NOCc1ccc2sc(C3CC3)nc2c1. The lowest BCUT2D eigenvalue weighted by molar-refractivity contribution is 0.124. The van der Waals surface area contributed by atoms with Gasteiger partial charge < -0.3 is 0 Å². The van der Waals surface area contributed by atoms with Gasteiger partial charge in [-0.25, -0.2) is 10.9 Å². The molecule has 0 unspecified atom stereocenters. The highest BCUT2D eigenvalue weighted by molar-refractivity contribution is 7.18. The zero-order valence-electron chi connectivity index (χ0n) is 8.27. The Labute approximate surface area is 91.8 Å². The standard InChI is InChI=1S/C11H12N2OS/c12-14-6-7-1-4-10-9(5-7)13-11(15-10)8-2-3-8/h1,4-5,8H,2-3,6,12H2. The summed E-state index contributed by atoms with van der Waals surface area (Å²) in [4.78, 5) is 9.26. The predicted molar refractivity (Wildman–Crippen MR) is 60.6 cm³/mol. The Balaban J connectivity index is 2.02. The molecule has 0 aliphatic heterocycles. The topological polar surface area (TPSA) is 48.1 Å². The lowest BCUT2D eigenvalue weighted by Gasteiger charge is -1.97. The van der Waals surface area contributed by atoms with E-state index in [0.29, 0.717) is 6.61 Å². The zero-order valence-corrected chi connectivity index (χ0v) is 9.09. The van der Waals surface area contributed by atoms with E-state index in [1.807, 2.05) is 17.4 Å². The minimum atomic E-state index is 0.451. The number of fused-ring (bicyclic) bond motifs is 1. The molecule has 1 aliphatic rings. The van der Waals surface area contributed by atoms with Crippen LogP contribution in [0.5, 0.6) is 0 Å². The molecule has 1 heterocycles. The maximum Gasteiger partial charge on any atom is 0.0969 e. The quantitative estimate of drug-likeness (QED) is 0.809. The van der Waals surface area contributed by atoms with Gasteiger partial charge in [0.05, 0.1) is 21.8 Å². The third-order valence-electron chi connectivity index (χ3n) is 2.65. The highest BCUT2D eigenvalue weighted by Crippen LogP contribution is 2.43. The number of hydrogen-bond acceptors (Lipinski definition) is 4. The number of benzene rings is 1. The monoisotopic (exact) mass is 220 g/mol. The van der Waals surface area contributed by atoms with Crippen molar-refractivity contribution in [3.63, 3.8) is 0 Å². The summed E-state index contributed by atoms with van der Waals surface area (Å²) in [6.45, 7) is 0.451. The largest absolute Gasteiger partial charge is 0.300 e. The van der Waals surface area contributed by atoms with Crippen LogP contribution in [0.3, 0.4) is 0 Å². The van der Waals surface area contributed by atoms with E-state index < -0.39 is 0 Å². The first-order chi connectivity index (χ1) is 7.36. The van der Waals surface area contributed by atoms with E-state index in [-0.39, 0.29) is 0 Å². The molecule has 1 fully saturated rings. The van der Waals surface area contributed by atoms with Crippen molar-refractivity contribution >= 4 is 21.6 Å². The van der Waals surface area contributed by atoms with Crippen molar-refractivity contribution in [2.75, 3.05) is 0 Å². The molecule has 3 nitrogen and oxygen atoms in total. The zero-order chi connectivity index (χ0) is 10.3. The van der Waals surface area contributed by atoms with Crippen LogP contribution in [-0.2, 0) is 11.4 Å². The Morgan fingerprint density at radius 2 is 2.33 bits per heavy atom. The number of nitrogens with zero attached hydrogens (tertiary/aromatic N) is 1. The van der Waals surface area contributed by atoms with E-state index in [1.54, 1.807) is 0 Å². The van der Waals surface area contributed by atoms with Crippen LogP contribution in [0.25, 0.3) is 10.2 Å². The van der Waals surface area contributed by atoms with Gasteiger partial charge in [0.1, 0.15) is 0 Å². The van der Waals surface area contributed by atoms with Crippen LogP contribution in [0.1, 0.15) is 29.3 Å². The van der Waals surface area contributed by atoms with E-state index in [0.717, 1.165) is 17.0 Å². The molecule has 3 rings (SSSR count). The van der Waals surface area contributed by atoms with Gasteiger partial charge in [-0.2, -0.15) is 0 Å². The summed E-state index contributed by atoms with van der Waals surface area (Å²) in [6.07, 6.45) is 2.61. The molecule has 0 saturated heterocycles. The smallest absolute Gasteiger partial charge is 0.0969 e. The van der Waals surface area contributed by atoms with Gasteiger partial charge in [0.15, 0.2) is 0 Å². The fraction of sp³-hybridized carbons (Fsp3) is 0.364. The van der Waals surface area contributed by atoms with Crippen molar-refractivity contribution in [1.29, 1.82) is 0 Å². The number of hydrogen-bond donors (Lipinski definition) is 1. The highest BCUT2D eigenvalue weighted by Gasteiger charge is 2.26. The number of thiazole rings is 1. The molecule has 1 aliphatic carbocycles. The second-order valence-electron chi connectivity index (χ2n) is 3.94. The fourth-order valence-electron chi connectivity index (χ4n) is 1.68. The first kappa shape index (κ1) is 9.27. The normalized spacial score (nSPS) is 16.1. The number of nitrogens with two attached hydrogens (primary N) is 1. The van der Waals surface area contributed by atoms with Crippen LogP contribution in [0.4, 0.5) is 0 Å². The molecule has 0 bridgehead atoms. The molecule has 0 radical (unpaired) electrons. The van der Waals surface area contributed by atoms with Crippen molar-refractivity contribution in [2.24, 2.45) is 5.90 Å². The summed E-state index contributed by atoms with van der Waals surface area (Å²) < 4.78 is 1.26. The molecule has 0 amide bonds. The summed E-state index contributed by atoms with van der Waals surface area (Å²) in [5.74, 6) is 5.78. The highest BCUT2D eigenvalue weighted by atomic mass is 32.1. The van der Waals surface area contributed by atoms with Crippen molar-refractivity contribution in [3.8, 4) is 0 Å². The summed E-state index contributed by atoms with van der Waals surface area (Å²) in [6, 6.07) is 6.21. The third kappa shape index (κ3) is 1.76. The van der Waals surface area contributed by atoms with Crippen molar-refractivity contribution in [2.45, 2.75) is 25.4 Å². The molecular formula is C11H12N2OS. The number of rotatable bonds is 3. The Kier molecular flexibility index (Phi) is 2.20. The molecule has 15 heavy (non-hydrogen) atoms. The van der Waals surface area contributed by atoms with E-state index in [1.165, 1.54) is 22.5 Å². The Bertz CT molecular complexity index is 490. The fourth-order valence-corrected chi connectivity index (χ4v) is 2.80. The van der Waals surface area contributed by atoms with Crippen molar-refractivity contribution < 1.29 is 4.84 Å². The number of aromatic nitrogens is 1. The minimum absolute atomic E-state index is 0.451. The first-order valence-electron chi connectivity index (χ1n) is 5.08. The Morgan fingerprint density at radius 3 is 3.07 bits per heavy atom. The van der Waals surface area contributed by atoms with Crippen LogP contribution >= 0.6 is 11.3 Å². The van der Waals surface area contributed by atoms with Gasteiger partial charge in [0, 0.05) is 5.92 Å². The van der Waals surface area contributed by atoms with Gasteiger partial charge in [0.25, 0.3) is 0 Å². The molecule has 0 spiro atoms. The molecule has 1 aromatic heterocycles. The third-order valence-corrected chi connectivity index (χ3v) is 3.84. The predicted octanol–water partition coefficient (Wildman–Crippen LogP) is 2.56. The molecular weight excluding hydrogens is 208 g/mol. The van der Waals surface area contributed by atoms with Crippen LogP contribution in [0.15, 0.2) is 18.2 Å². The second-order valence-corrected chi connectivity index (χ2v) is 5.00. The first-order valence-corrected chi connectivity index (χ1v) is 5.89. The summed E-state index contributed by atoms with van der Waals surface area (Å²) >= 11 is 1.81. The Morgan fingerprint density at radius 1 is 1.47 bits per heavy atom. The van der Waals surface area contributed by atoms with Gasteiger partial charge in [0.2, 0.25) is 0 Å². The molecule has 1 aromatic carbocycles. The van der Waals surface area contributed by atoms with Gasteiger partial charge in [-0.1, -0.05) is 6.07 Å². The van der Waals surface area contributed by atoms with Crippen molar-refractivity contribution in [3.05, 3.63) is 28.8 Å². The van der Waals surface area contributed by atoms with Crippen LogP contribution in [0.2, 0.25) is 0 Å². The second kappa shape index (κ2) is 3.56. The summed E-state index contributed by atoms with van der Waals surface area (Å²) in [5, 5.41) is 1.29. The van der Waals surface area contributed by atoms with Crippen molar-refractivity contribution in [1.82, 2.24) is 4.98 Å². The molecule has 4 heteroatoms. The van der Waals surface area contributed by atoms with Gasteiger partial charge >= 0.3 is 0 Å². The van der Waals surface area contributed by atoms with E-state index in [2.05, 4.69) is 22.0 Å². The maximum absolute atomic E-state index is 5.05. The van der Waals surface area contributed by atoms with Gasteiger partial charge in [-0.05, 0) is 30.5 Å². The van der Waals surface area contributed by atoms with E-state index >= 15 is 0 Å². The molecule has 2 N–H and O–H groups in total. The molecule has 2 aromatic rings. The van der Waals surface area contributed by atoms with E-state index in [4.69, 9.17) is 5.90 Å². The van der Waals surface area contributed by atoms with E-state index in [9.17, 15) is 0 Å². The van der Waals surface area contributed by atoms with Crippen LogP contribution < -0.4 is 5.90 Å². The molecule has 0 atom stereocenters. The average molecular weight is 220 g/mol. The molecule has 78 valence electrons. The van der Waals surface area contributed by atoms with Gasteiger partial charge in [-0.15, -0.1) is 11.3 Å². The Hall–Kier alpha value is -0.970. The maximum atomic E-state index is 5.05. The average Bonchev–Trinajstić information content (AvgIpc) is 2.99. The van der Waals surface area contributed by atoms with Crippen LogP contribution in [-0.4, -0.2) is 4.98 Å². The summed E-state index contributed by atoms with van der Waals surface area (Å²) in [7, 11) is 0.